The number of carbonyl (C=O) groups excluding carboxylic acids is 2. The standard InChI is InChI=1S/C30H31NO6/c32-28(36-19-21-11-3-1-4-12-21)18-6-2-5-17-27(29(33)34)31-30(35)37-20-26-24-15-9-7-13-22(24)23-14-8-10-16-25(23)26/h1,3-4,7-16,26-27H,2,5-6,17-20H2,(H,31,35)(H,33,34)/t27-/m0/s1. The van der Waals surface area contributed by atoms with Gasteiger partial charge in [-0.15, -0.1) is 0 Å². The lowest BCUT2D eigenvalue weighted by Crippen LogP contribution is -2.41. The number of amides is 1. The van der Waals surface area contributed by atoms with Crippen LogP contribution >= 0.6 is 0 Å². The first kappa shape index (κ1) is 25.9. The van der Waals surface area contributed by atoms with Crippen molar-refractivity contribution in [2.45, 2.75) is 50.7 Å². The van der Waals surface area contributed by atoms with E-state index in [2.05, 4.69) is 17.4 Å². The Morgan fingerprint density at radius 3 is 2.05 bits per heavy atom. The number of benzene rings is 3. The highest BCUT2D eigenvalue weighted by Gasteiger charge is 2.29. The molecule has 0 heterocycles. The highest BCUT2D eigenvalue weighted by Crippen LogP contribution is 2.44. The molecule has 3 aromatic carbocycles. The molecule has 0 aromatic heterocycles. The minimum atomic E-state index is -1.12. The average Bonchev–Trinajstić information content (AvgIpc) is 3.24. The molecule has 0 fully saturated rings. The van der Waals surface area contributed by atoms with E-state index in [1.807, 2.05) is 66.7 Å². The second-order valence-electron chi connectivity index (χ2n) is 9.11. The second-order valence-corrected chi connectivity index (χ2v) is 9.11. The zero-order valence-corrected chi connectivity index (χ0v) is 20.6. The van der Waals surface area contributed by atoms with Gasteiger partial charge in [-0.1, -0.05) is 91.7 Å². The molecule has 1 aliphatic rings. The first-order valence-corrected chi connectivity index (χ1v) is 12.6. The number of carboxylic acids is 1. The van der Waals surface area contributed by atoms with Crippen LogP contribution < -0.4 is 5.32 Å². The highest BCUT2D eigenvalue weighted by atomic mass is 16.5. The van der Waals surface area contributed by atoms with Gasteiger partial charge in [0.05, 0.1) is 0 Å². The third-order valence-electron chi connectivity index (χ3n) is 6.55. The largest absolute Gasteiger partial charge is 0.480 e. The number of fused-ring (bicyclic) bond motifs is 3. The summed E-state index contributed by atoms with van der Waals surface area (Å²) in [5.74, 6) is -1.49. The first-order chi connectivity index (χ1) is 18.0. The van der Waals surface area contributed by atoms with Crippen LogP contribution in [0.3, 0.4) is 0 Å². The fourth-order valence-corrected chi connectivity index (χ4v) is 4.64. The van der Waals surface area contributed by atoms with E-state index in [-0.39, 0.29) is 37.9 Å². The van der Waals surface area contributed by atoms with Gasteiger partial charge >= 0.3 is 18.0 Å². The molecule has 0 aliphatic heterocycles. The molecule has 7 heteroatoms. The van der Waals surface area contributed by atoms with E-state index in [4.69, 9.17) is 9.47 Å². The van der Waals surface area contributed by atoms with E-state index < -0.39 is 18.1 Å². The lowest BCUT2D eigenvalue weighted by atomic mass is 9.98. The number of hydrogen-bond acceptors (Lipinski definition) is 5. The summed E-state index contributed by atoms with van der Waals surface area (Å²) in [4.78, 5) is 36.0. The molecule has 1 amide bonds. The molecular weight excluding hydrogens is 470 g/mol. The maximum atomic E-state index is 12.4. The number of unbranched alkanes of at least 4 members (excludes halogenated alkanes) is 2. The minimum Gasteiger partial charge on any atom is -0.480 e. The molecule has 0 spiro atoms. The van der Waals surface area contributed by atoms with Crippen molar-refractivity contribution < 1.29 is 29.0 Å². The second kappa shape index (κ2) is 12.7. The van der Waals surface area contributed by atoms with Gasteiger partial charge < -0.3 is 19.9 Å². The van der Waals surface area contributed by atoms with Gasteiger partial charge in [0.1, 0.15) is 19.3 Å². The predicted octanol–water partition coefficient (Wildman–Crippen LogP) is 5.67. The Balaban J connectivity index is 1.18. The number of nitrogens with one attached hydrogen (secondary N) is 1. The summed E-state index contributed by atoms with van der Waals surface area (Å²) in [5, 5.41) is 12.0. The quantitative estimate of drug-likeness (QED) is 0.245. The Labute approximate surface area is 216 Å². The molecule has 7 nitrogen and oxygen atoms in total. The molecule has 2 N–H and O–H groups in total. The van der Waals surface area contributed by atoms with Gasteiger partial charge in [0.2, 0.25) is 0 Å². The van der Waals surface area contributed by atoms with Crippen LogP contribution in [0.25, 0.3) is 11.1 Å². The van der Waals surface area contributed by atoms with E-state index in [0.29, 0.717) is 19.3 Å². The van der Waals surface area contributed by atoms with Gasteiger partial charge in [-0.05, 0) is 40.7 Å². The van der Waals surface area contributed by atoms with Crippen LogP contribution in [0.5, 0.6) is 0 Å². The predicted molar refractivity (Wildman–Crippen MR) is 139 cm³/mol. The molecule has 192 valence electrons. The summed E-state index contributed by atoms with van der Waals surface area (Å²) in [6.45, 7) is 0.363. The van der Waals surface area contributed by atoms with E-state index in [9.17, 15) is 19.5 Å². The summed E-state index contributed by atoms with van der Waals surface area (Å²) in [6.07, 6.45) is 1.55. The number of rotatable bonds is 12. The van der Waals surface area contributed by atoms with Crippen LogP contribution in [0.15, 0.2) is 78.9 Å². The van der Waals surface area contributed by atoms with Crippen molar-refractivity contribution in [3.63, 3.8) is 0 Å². The summed E-state index contributed by atoms with van der Waals surface area (Å²) in [7, 11) is 0. The average molecular weight is 502 g/mol. The van der Waals surface area contributed by atoms with Crippen molar-refractivity contribution >= 4 is 18.0 Å². The Hall–Kier alpha value is -4.13. The normalized spacial score (nSPS) is 12.8. The number of carboxylic acid groups (broad SMARTS) is 1. The number of alkyl carbamates (subject to hydrolysis) is 1. The van der Waals surface area contributed by atoms with Gasteiger partial charge in [0.15, 0.2) is 0 Å². The van der Waals surface area contributed by atoms with Crippen LogP contribution in [0.2, 0.25) is 0 Å². The third kappa shape index (κ3) is 6.97. The Kier molecular flexibility index (Phi) is 8.92. The zero-order chi connectivity index (χ0) is 26.0. The summed E-state index contributed by atoms with van der Waals surface area (Å²) < 4.78 is 10.7. The molecule has 3 aromatic rings. The third-order valence-corrected chi connectivity index (χ3v) is 6.55. The maximum Gasteiger partial charge on any atom is 0.407 e. The van der Waals surface area contributed by atoms with Crippen molar-refractivity contribution in [1.82, 2.24) is 5.32 Å². The summed E-state index contributed by atoms with van der Waals surface area (Å²) in [6, 6.07) is 24.4. The molecule has 0 bridgehead atoms. The van der Waals surface area contributed by atoms with Crippen molar-refractivity contribution in [3.8, 4) is 11.1 Å². The molecule has 1 aliphatic carbocycles. The van der Waals surface area contributed by atoms with E-state index in [0.717, 1.165) is 27.8 Å². The van der Waals surface area contributed by atoms with Crippen LogP contribution in [0.1, 0.15) is 54.7 Å². The molecule has 0 unspecified atom stereocenters. The highest BCUT2D eigenvalue weighted by molar-refractivity contribution is 5.81. The molecule has 0 saturated carbocycles. The van der Waals surface area contributed by atoms with Crippen molar-refractivity contribution in [2.75, 3.05) is 6.61 Å². The maximum absolute atomic E-state index is 12.4. The number of esters is 1. The lowest BCUT2D eigenvalue weighted by Gasteiger charge is -2.17. The summed E-state index contributed by atoms with van der Waals surface area (Å²) in [5.41, 5.74) is 5.36. The fraction of sp³-hybridized carbons (Fsp3) is 0.300. The molecular formula is C30H31NO6. The monoisotopic (exact) mass is 501 g/mol. The topological polar surface area (TPSA) is 102 Å². The lowest BCUT2D eigenvalue weighted by molar-refractivity contribution is -0.145. The zero-order valence-electron chi connectivity index (χ0n) is 20.6. The van der Waals surface area contributed by atoms with Crippen LogP contribution in [-0.2, 0) is 25.7 Å². The molecule has 1 atom stereocenters. The molecule has 37 heavy (non-hydrogen) atoms. The van der Waals surface area contributed by atoms with Gasteiger partial charge in [-0.25, -0.2) is 9.59 Å². The SMILES string of the molecule is O=C(CCCCC[C@H](NC(=O)OCC1c2ccccc2-c2ccccc21)C(=O)O)OCc1ccccc1. The van der Waals surface area contributed by atoms with Crippen molar-refractivity contribution in [1.29, 1.82) is 0 Å². The Morgan fingerprint density at radius 2 is 1.41 bits per heavy atom. The van der Waals surface area contributed by atoms with Crippen LogP contribution in [0, 0.1) is 0 Å². The number of aliphatic carboxylic acids is 1. The van der Waals surface area contributed by atoms with E-state index in [1.54, 1.807) is 0 Å². The van der Waals surface area contributed by atoms with Crippen LogP contribution in [0.4, 0.5) is 4.79 Å². The molecule has 4 rings (SSSR count). The van der Waals surface area contributed by atoms with E-state index in [1.165, 1.54) is 0 Å². The minimum absolute atomic E-state index is 0.0944. The van der Waals surface area contributed by atoms with Crippen molar-refractivity contribution in [3.05, 3.63) is 95.6 Å². The Bertz CT molecular complexity index is 1180. The van der Waals surface area contributed by atoms with Gasteiger partial charge in [0.25, 0.3) is 0 Å². The number of ether oxygens (including phenoxy) is 2. The van der Waals surface area contributed by atoms with E-state index >= 15 is 0 Å². The number of hydrogen-bond donors (Lipinski definition) is 2. The number of carbonyl (C=O) groups is 3. The fourth-order valence-electron chi connectivity index (χ4n) is 4.64. The smallest absolute Gasteiger partial charge is 0.407 e. The summed E-state index contributed by atoms with van der Waals surface area (Å²) >= 11 is 0. The molecule has 0 saturated heterocycles. The van der Waals surface area contributed by atoms with Crippen molar-refractivity contribution in [2.24, 2.45) is 0 Å². The van der Waals surface area contributed by atoms with Crippen LogP contribution in [-0.4, -0.2) is 35.8 Å². The molecule has 0 radical (unpaired) electrons. The van der Waals surface area contributed by atoms with Gasteiger partial charge in [0, 0.05) is 12.3 Å². The first-order valence-electron chi connectivity index (χ1n) is 12.6. The van der Waals surface area contributed by atoms with Gasteiger partial charge in [-0.2, -0.15) is 0 Å². The Morgan fingerprint density at radius 1 is 0.784 bits per heavy atom. The van der Waals surface area contributed by atoms with Gasteiger partial charge in [-0.3, -0.25) is 4.79 Å².